The second kappa shape index (κ2) is 9.62. The third-order valence-electron chi connectivity index (χ3n) is 8.55. The van der Waals surface area contributed by atoms with E-state index in [0.717, 1.165) is 25.7 Å². The molecule has 0 spiro atoms. The smallest absolute Gasteiger partial charge is 0.176 e. The van der Waals surface area contributed by atoms with Crippen molar-refractivity contribution in [1.29, 1.82) is 0 Å². The summed E-state index contributed by atoms with van der Waals surface area (Å²) in [6, 6.07) is 0. The molecule has 4 heteroatoms. The summed E-state index contributed by atoms with van der Waals surface area (Å²) < 4.78 is 24.1. The molecule has 180 valence electrons. The van der Waals surface area contributed by atoms with Gasteiger partial charge in [-0.15, -0.1) is 0 Å². The van der Waals surface area contributed by atoms with Gasteiger partial charge in [0.05, 0.1) is 10.9 Å². The molecule has 0 aromatic rings. The highest BCUT2D eigenvalue weighted by atomic mass is 32.2. The van der Waals surface area contributed by atoms with Crippen molar-refractivity contribution in [1.82, 2.24) is 0 Å². The van der Waals surface area contributed by atoms with Crippen molar-refractivity contribution in [3.8, 4) is 0 Å². The summed E-state index contributed by atoms with van der Waals surface area (Å²) >= 11 is 0. The number of rotatable bonds is 5. The topological polar surface area (TPSA) is 54.4 Å². The van der Waals surface area contributed by atoms with Gasteiger partial charge in [0.15, 0.2) is 9.84 Å². The van der Waals surface area contributed by atoms with Crippen LogP contribution in [0.5, 0.6) is 0 Å². The van der Waals surface area contributed by atoms with Crippen LogP contribution in [-0.4, -0.2) is 24.4 Å². The van der Waals surface area contributed by atoms with Gasteiger partial charge in [0.2, 0.25) is 0 Å². The molecule has 0 aromatic heterocycles. The van der Waals surface area contributed by atoms with Gasteiger partial charge in [0.1, 0.15) is 0 Å². The summed E-state index contributed by atoms with van der Waals surface area (Å²) in [5.74, 6) is 1.71. The number of aliphatic hydroxyl groups excluding tert-OH is 1. The van der Waals surface area contributed by atoms with Crippen LogP contribution in [-0.2, 0) is 9.84 Å². The van der Waals surface area contributed by atoms with E-state index >= 15 is 0 Å². The lowest BCUT2D eigenvalue weighted by Crippen LogP contribution is -2.35. The predicted molar refractivity (Wildman–Crippen MR) is 135 cm³/mol. The Morgan fingerprint density at radius 3 is 2.59 bits per heavy atom. The van der Waals surface area contributed by atoms with E-state index < -0.39 is 14.6 Å². The van der Waals surface area contributed by atoms with Gasteiger partial charge < -0.3 is 5.11 Å². The Morgan fingerprint density at radius 1 is 1.19 bits per heavy atom. The van der Waals surface area contributed by atoms with Crippen molar-refractivity contribution in [2.45, 2.75) is 103 Å². The summed E-state index contributed by atoms with van der Waals surface area (Å²) in [5.41, 5.74) is 4.26. The van der Waals surface area contributed by atoms with Crippen LogP contribution in [0.15, 0.2) is 46.9 Å². The maximum Gasteiger partial charge on any atom is 0.176 e. The number of allylic oxidation sites excluding steroid dienone is 5. The lowest BCUT2D eigenvalue weighted by Gasteiger charge is -2.44. The van der Waals surface area contributed by atoms with Crippen LogP contribution in [0, 0.1) is 23.2 Å². The summed E-state index contributed by atoms with van der Waals surface area (Å²) in [6.45, 7) is 14.3. The molecule has 3 fully saturated rings. The first-order valence-electron chi connectivity index (χ1n) is 12.5. The lowest BCUT2D eigenvalue weighted by atomic mass is 9.61. The predicted octanol–water partition coefficient (Wildman–Crippen LogP) is 6.91. The lowest BCUT2D eigenvalue weighted by molar-refractivity contribution is 0.0985. The maximum absolute atomic E-state index is 12.4. The molecule has 3 nitrogen and oxygen atoms in total. The van der Waals surface area contributed by atoms with Crippen molar-refractivity contribution in [3.63, 3.8) is 0 Å². The largest absolute Gasteiger partial charge is 0.393 e. The van der Waals surface area contributed by atoms with Crippen LogP contribution in [0.2, 0.25) is 0 Å². The summed E-state index contributed by atoms with van der Waals surface area (Å²) in [5, 5.41) is 11.5. The van der Waals surface area contributed by atoms with Crippen molar-refractivity contribution < 1.29 is 13.5 Å². The number of hydrogen-bond donors (Lipinski definition) is 1. The Morgan fingerprint density at radius 2 is 1.91 bits per heavy atom. The van der Waals surface area contributed by atoms with E-state index in [4.69, 9.17) is 0 Å². The van der Waals surface area contributed by atoms with Gasteiger partial charge in [-0.05, 0) is 107 Å². The van der Waals surface area contributed by atoms with Crippen LogP contribution in [0.4, 0.5) is 0 Å². The highest BCUT2D eigenvalue weighted by Crippen LogP contribution is 2.59. The fraction of sp³-hybridized carbons (Fsp3) is 0.714. The van der Waals surface area contributed by atoms with Gasteiger partial charge in [-0.3, -0.25) is 0 Å². The summed E-state index contributed by atoms with van der Waals surface area (Å²) in [7, 11) is -3.21. The minimum Gasteiger partial charge on any atom is -0.393 e. The molecule has 1 N–H and O–H groups in total. The van der Waals surface area contributed by atoms with Crippen LogP contribution in [0.25, 0.3) is 0 Å². The third-order valence-corrected chi connectivity index (χ3v) is 10.8. The van der Waals surface area contributed by atoms with E-state index in [0.29, 0.717) is 23.2 Å². The standard InChI is InChI=1S/C28H44O3S/c1-20-11-14-24(29)19-23(20)13-12-22-10-7-17-28(6)25(15-16-26(22)28)21(2)9-8-18-32(30,31)27(3,4)5/h8,12-13,18,21,24-26,29H,1,7,9-11,14-17,19H2,2-6H3/t21-,24+,25?,26+,28-/m1/s1. The molecule has 0 saturated heterocycles. The van der Waals surface area contributed by atoms with Gasteiger partial charge in [-0.25, -0.2) is 8.42 Å². The second-order valence-electron chi connectivity index (χ2n) is 11.8. The second-order valence-corrected chi connectivity index (χ2v) is 14.4. The normalized spacial score (nSPS) is 35.6. The van der Waals surface area contributed by atoms with Crippen LogP contribution >= 0.6 is 0 Å². The van der Waals surface area contributed by atoms with E-state index in [1.807, 2.05) is 6.08 Å². The molecular weight excluding hydrogens is 416 g/mol. The molecule has 32 heavy (non-hydrogen) atoms. The average Bonchev–Trinajstić information content (AvgIpc) is 3.05. The number of sulfone groups is 1. The summed E-state index contributed by atoms with van der Waals surface area (Å²) in [4.78, 5) is 0. The molecule has 1 unspecified atom stereocenters. The molecule has 0 heterocycles. The van der Waals surface area contributed by atoms with E-state index in [2.05, 4.69) is 32.6 Å². The first-order chi connectivity index (χ1) is 14.8. The first kappa shape index (κ1) is 25.5. The average molecular weight is 461 g/mol. The number of aliphatic hydroxyl groups is 1. The molecule has 0 aliphatic heterocycles. The molecule has 3 saturated carbocycles. The van der Waals surface area contributed by atoms with Crippen molar-refractivity contribution in [2.75, 3.05) is 0 Å². The highest BCUT2D eigenvalue weighted by Gasteiger charge is 2.50. The molecule has 3 aliphatic carbocycles. The van der Waals surface area contributed by atoms with Crippen molar-refractivity contribution >= 4 is 9.84 Å². The van der Waals surface area contributed by atoms with Crippen LogP contribution < -0.4 is 0 Å². The van der Waals surface area contributed by atoms with E-state index in [-0.39, 0.29) is 6.10 Å². The minimum atomic E-state index is -3.21. The Kier molecular flexibility index (Phi) is 7.66. The van der Waals surface area contributed by atoms with Crippen LogP contribution in [0.1, 0.15) is 92.4 Å². The zero-order chi connectivity index (χ0) is 23.7. The summed E-state index contributed by atoms with van der Waals surface area (Å²) in [6.07, 6.45) is 15.6. The first-order valence-corrected chi connectivity index (χ1v) is 14.1. The Labute approximate surface area is 196 Å². The van der Waals surface area contributed by atoms with Gasteiger partial charge in [0, 0.05) is 5.41 Å². The highest BCUT2D eigenvalue weighted by molar-refractivity contribution is 7.95. The molecule has 0 bridgehead atoms. The van der Waals surface area contributed by atoms with E-state index in [9.17, 15) is 13.5 Å². The molecule has 0 amide bonds. The quantitative estimate of drug-likeness (QED) is 0.485. The number of hydrogen-bond acceptors (Lipinski definition) is 3. The number of fused-ring (bicyclic) bond motifs is 1. The third kappa shape index (κ3) is 5.33. The zero-order valence-corrected chi connectivity index (χ0v) is 21.7. The van der Waals surface area contributed by atoms with Crippen molar-refractivity contribution in [3.05, 3.63) is 46.9 Å². The van der Waals surface area contributed by atoms with Crippen molar-refractivity contribution in [2.24, 2.45) is 23.2 Å². The molecule has 0 radical (unpaired) electrons. The minimum absolute atomic E-state index is 0.228. The SMILES string of the molecule is C=C1CC[C@H](O)CC1=CC=C1CCC[C@]2(C)C([C@H](C)CC=CS(=O)(=O)C(C)(C)C)CC[C@@H]12. The van der Waals surface area contributed by atoms with Gasteiger partial charge >= 0.3 is 0 Å². The molecule has 3 rings (SSSR count). The Balaban J connectivity index is 1.72. The fourth-order valence-electron chi connectivity index (χ4n) is 6.37. The Hall–Kier alpha value is -1.13. The zero-order valence-electron chi connectivity index (χ0n) is 20.9. The molecule has 3 aliphatic rings. The van der Waals surface area contributed by atoms with Crippen LogP contribution in [0.3, 0.4) is 0 Å². The molecular formula is C28H44O3S. The maximum atomic E-state index is 12.4. The molecule has 0 aromatic carbocycles. The van der Waals surface area contributed by atoms with Gasteiger partial charge in [-0.1, -0.05) is 49.8 Å². The van der Waals surface area contributed by atoms with E-state index in [1.54, 1.807) is 26.3 Å². The fourth-order valence-corrected chi connectivity index (χ4v) is 7.15. The van der Waals surface area contributed by atoms with Gasteiger partial charge in [-0.2, -0.15) is 0 Å². The van der Waals surface area contributed by atoms with E-state index in [1.165, 1.54) is 48.7 Å². The monoisotopic (exact) mass is 460 g/mol. The van der Waals surface area contributed by atoms with Gasteiger partial charge in [0.25, 0.3) is 0 Å². The molecule has 5 atom stereocenters. The Bertz CT molecular complexity index is 899.